The zero-order valence-electron chi connectivity index (χ0n) is 38.4. The molecule has 8 fully saturated rings. The van der Waals surface area contributed by atoms with E-state index in [0.29, 0.717) is 46.5 Å². The van der Waals surface area contributed by atoms with Crippen molar-refractivity contribution in [3.63, 3.8) is 0 Å². The molecule has 4 aromatic rings. The molecule has 0 aromatic heterocycles. The third-order valence-corrected chi connectivity index (χ3v) is 19.7. The van der Waals surface area contributed by atoms with Crippen LogP contribution in [0, 0.1) is 52.8 Å². The van der Waals surface area contributed by atoms with Crippen molar-refractivity contribution >= 4 is 40.1 Å². The van der Waals surface area contributed by atoms with Crippen molar-refractivity contribution in [2.45, 2.75) is 123 Å². The predicted octanol–water partition coefficient (Wildman–Crippen LogP) is 11.1. The molecule has 12 rings (SSSR count). The minimum absolute atomic E-state index is 0.0404. The van der Waals surface area contributed by atoms with Gasteiger partial charge in [-0.2, -0.15) is 0 Å². The fourth-order valence-corrected chi connectivity index (χ4v) is 16.2. The zero-order valence-corrected chi connectivity index (χ0v) is 40.7. The van der Waals surface area contributed by atoms with E-state index in [1.165, 1.54) is 88.1 Å². The summed E-state index contributed by atoms with van der Waals surface area (Å²) in [6.07, 6.45) is 12.8. The van der Waals surface area contributed by atoms with Crippen LogP contribution < -0.4 is 16.7 Å². The fraction of sp³-hybridized carbons (Fsp3) is 0.536. The van der Waals surface area contributed by atoms with Crippen LogP contribution in [-0.2, 0) is 19.1 Å². The molecule has 334 valence electrons. The molecular weight excluding hydrogens is 896 g/mol. The van der Waals surface area contributed by atoms with Crippen molar-refractivity contribution in [3.05, 3.63) is 109 Å². The maximum atomic E-state index is 12.9. The first-order chi connectivity index (χ1) is 30.5. The molecule has 7 bridgehead atoms. The Bertz CT molecular complexity index is 2170. The first-order valence-electron chi connectivity index (χ1n) is 24.2. The SMILES string of the molecule is CC.CC(C)c1ccc(-c2ccccc2)cc1.CC1(OC(=O)COc2ccc([Te]c3ccc(OCC(=O)OC4(C)C5CC6CC7CC4C7(C6)C5)cc3)cc2)C2CC3CC(C2)CC1C3. The quantitative estimate of drug-likeness (QED) is 0.104. The van der Waals surface area contributed by atoms with Gasteiger partial charge >= 0.3 is 271 Å². The average molecular weight is 965 g/mol. The molecule has 0 radical (unpaired) electrons. The number of carbonyl (C=O) groups is 2. The molecule has 0 aliphatic heterocycles. The molecule has 0 saturated heterocycles. The summed E-state index contributed by atoms with van der Waals surface area (Å²) in [5.41, 5.74) is 3.83. The molecule has 63 heavy (non-hydrogen) atoms. The monoisotopic (exact) mass is 966 g/mol. The second kappa shape index (κ2) is 18.2. The van der Waals surface area contributed by atoms with E-state index in [1.54, 1.807) is 0 Å². The average Bonchev–Trinajstić information content (AvgIpc) is 3.56. The van der Waals surface area contributed by atoms with E-state index in [0.717, 1.165) is 23.7 Å². The van der Waals surface area contributed by atoms with Crippen molar-refractivity contribution in [1.82, 2.24) is 0 Å². The van der Waals surface area contributed by atoms with Gasteiger partial charge < -0.3 is 0 Å². The second-order valence-electron chi connectivity index (χ2n) is 20.5. The van der Waals surface area contributed by atoms with Gasteiger partial charge in [0.15, 0.2) is 0 Å². The van der Waals surface area contributed by atoms with Crippen molar-refractivity contribution < 1.29 is 28.5 Å². The van der Waals surface area contributed by atoms with Crippen molar-refractivity contribution in [2.24, 2.45) is 52.8 Å². The summed E-state index contributed by atoms with van der Waals surface area (Å²) in [6.45, 7) is 12.7. The fourth-order valence-electron chi connectivity index (χ4n) is 13.9. The first kappa shape index (κ1) is 44.4. The standard InChI is InChI=1S/C39H46O6Te.C15H16.C2H6/c1-37(26-12-23-11-24(14-26)15-27(37)13-23)44-35(40)21-42-30-3-7-32(8-4-30)46-33-9-5-31(6-10-33)43-22-36(41)45-38(2)29-17-25-16-28-18-34(38)39(28,19-25)20-29;1-12(2)13-8-10-15(11-9-13)14-6-4-3-5-7-14;1-2/h3-10,23-29,34H,11-22H2,1-2H3;3-12H,1-2H3;1-2H3. The van der Waals surface area contributed by atoms with Crippen LogP contribution >= 0.6 is 0 Å². The number of rotatable bonds is 12. The number of hydrogen-bond acceptors (Lipinski definition) is 6. The number of fused-ring (bicyclic) bond motifs is 2. The van der Waals surface area contributed by atoms with Gasteiger partial charge in [-0.15, -0.1) is 0 Å². The van der Waals surface area contributed by atoms with E-state index in [-0.39, 0.29) is 36.4 Å². The Balaban J connectivity index is 0.000000250. The third-order valence-electron chi connectivity index (χ3n) is 16.8. The Morgan fingerprint density at radius 3 is 1.59 bits per heavy atom. The summed E-state index contributed by atoms with van der Waals surface area (Å²) in [7, 11) is 0. The van der Waals surface area contributed by atoms with Crippen molar-refractivity contribution in [1.29, 1.82) is 0 Å². The van der Waals surface area contributed by atoms with Gasteiger partial charge in [-0.25, -0.2) is 0 Å². The molecule has 4 aromatic carbocycles. The van der Waals surface area contributed by atoms with Crippen LogP contribution in [0.2, 0.25) is 0 Å². The molecule has 8 aliphatic carbocycles. The van der Waals surface area contributed by atoms with E-state index in [4.69, 9.17) is 18.9 Å². The molecule has 8 saturated carbocycles. The Hall–Kier alpha value is -3.79. The summed E-state index contributed by atoms with van der Waals surface area (Å²) >= 11 is -0.598. The number of hydrogen-bond donors (Lipinski definition) is 0. The van der Waals surface area contributed by atoms with Crippen LogP contribution in [0.15, 0.2) is 103 Å². The van der Waals surface area contributed by atoms with Gasteiger partial charge in [0.05, 0.1) is 0 Å². The Morgan fingerprint density at radius 2 is 1.05 bits per heavy atom. The third kappa shape index (κ3) is 8.84. The van der Waals surface area contributed by atoms with Gasteiger partial charge in [-0.3, -0.25) is 0 Å². The van der Waals surface area contributed by atoms with Crippen molar-refractivity contribution in [3.8, 4) is 22.6 Å². The van der Waals surface area contributed by atoms with E-state index >= 15 is 0 Å². The Kier molecular flexibility index (Phi) is 12.9. The Labute approximate surface area is 386 Å². The zero-order chi connectivity index (χ0) is 43.9. The summed E-state index contributed by atoms with van der Waals surface area (Å²) in [6, 6.07) is 35.5. The maximum absolute atomic E-state index is 12.9. The number of esters is 2. The predicted molar refractivity (Wildman–Crippen MR) is 252 cm³/mol. The van der Waals surface area contributed by atoms with Crippen LogP contribution in [0.3, 0.4) is 0 Å². The van der Waals surface area contributed by atoms with Gasteiger partial charge in [0.25, 0.3) is 0 Å². The summed E-state index contributed by atoms with van der Waals surface area (Å²) in [5, 5.41) is 0. The van der Waals surface area contributed by atoms with Crippen molar-refractivity contribution in [2.75, 3.05) is 13.2 Å². The number of carbonyl (C=O) groups excluding carboxylic acids is 2. The van der Waals surface area contributed by atoms with Crippen LogP contribution in [0.25, 0.3) is 11.1 Å². The van der Waals surface area contributed by atoms with Crippen LogP contribution in [-0.4, -0.2) is 57.3 Å². The van der Waals surface area contributed by atoms with Gasteiger partial charge in [-0.05, 0) is 35.4 Å². The van der Waals surface area contributed by atoms with Gasteiger partial charge in [0, 0.05) is 0 Å². The molecule has 1 spiro atoms. The summed E-state index contributed by atoms with van der Waals surface area (Å²) in [5.74, 6) is 7.04. The normalized spacial score (nSPS) is 33.3. The molecule has 6 nitrogen and oxygen atoms in total. The van der Waals surface area contributed by atoms with E-state index < -0.39 is 20.9 Å². The van der Waals surface area contributed by atoms with Gasteiger partial charge in [0.2, 0.25) is 0 Å². The Morgan fingerprint density at radius 1 is 0.556 bits per heavy atom. The molecule has 0 heterocycles. The van der Waals surface area contributed by atoms with E-state index in [2.05, 4.69) is 100 Å². The molecular formula is C56H68O6Te. The summed E-state index contributed by atoms with van der Waals surface area (Å²) in [4.78, 5) is 25.8. The van der Waals surface area contributed by atoms with Gasteiger partial charge in [-0.1, -0.05) is 82.3 Å². The van der Waals surface area contributed by atoms with E-state index in [1.807, 2.05) is 44.2 Å². The molecule has 7 heteroatoms. The van der Waals surface area contributed by atoms with Crippen LogP contribution in [0.5, 0.6) is 11.5 Å². The van der Waals surface area contributed by atoms with Crippen LogP contribution in [0.1, 0.15) is 117 Å². The number of benzene rings is 4. The molecule has 0 amide bonds. The first-order valence-corrected chi connectivity index (χ1v) is 26.5. The molecule has 6 unspecified atom stereocenters. The molecule has 0 N–H and O–H groups in total. The van der Waals surface area contributed by atoms with E-state index in [9.17, 15) is 9.59 Å². The molecule has 8 aliphatic rings. The minimum atomic E-state index is -0.598. The second-order valence-corrected chi connectivity index (χ2v) is 23.8. The van der Waals surface area contributed by atoms with Crippen LogP contribution in [0.4, 0.5) is 0 Å². The number of ether oxygens (including phenoxy) is 4. The topological polar surface area (TPSA) is 71.1 Å². The van der Waals surface area contributed by atoms with Gasteiger partial charge in [0.1, 0.15) is 0 Å². The molecule has 6 atom stereocenters. The summed E-state index contributed by atoms with van der Waals surface area (Å²) < 4.78 is 26.7.